The summed E-state index contributed by atoms with van der Waals surface area (Å²) in [6, 6.07) is 12.4. The van der Waals surface area contributed by atoms with Crippen molar-refractivity contribution < 1.29 is 23.7 Å². The summed E-state index contributed by atoms with van der Waals surface area (Å²) in [6.45, 7) is 7.83. The Morgan fingerprint density at radius 2 is 1.38 bits per heavy atom. The molecule has 0 unspecified atom stereocenters. The van der Waals surface area contributed by atoms with Gasteiger partial charge in [0.25, 0.3) is 0 Å². The molecule has 0 radical (unpaired) electrons. The monoisotopic (exact) mass is 543 g/mol. The second kappa shape index (κ2) is 11.2. The van der Waals surface area contributed by atoms with Gasteiger partial charge in [-0.25, -0.2) is 4.98 Å². The Morgan fingerprint density at radius 3 is 2.12 bits per heavy atom. The molecule has 3 aliphatic rings. The van der Waals surface area contributed by atoms with Crippen LogP contribution in [0, 0.1) is 0 Å². The van der Waals surface area contributed by atoms with Crippen LogP contribution in [0.15, 0.2) is 36.4 Å². The van der Waals surface area contributed by atoms with Gasteiger partial charge in [-0.1, -0.05) is 18.6 Å². The first-order valence-electron chi connectivity index (χ1n) is 14.6. The molecule has 40 heavy (non-hydrogen) atoms. The maximum atomic E-state index is 6.45. The summed E-state index contributed by atoms with van der Waals surface area (Å²) >= 11 is 0. The molecule has 0 bridgehead atoms. The number of pyridine rings is 1. The summed E-state index contributed by atoms with van der Waals surface area (Å²) in [7, 11) is 1.69. The first-order valence-corrected chi connectivity index (χ1v) is 14.6. The number of methoxy groups -OCH3 is 1. The number of nitrogens with zero attached hydrogens (tertiary/aromatic N) is 3. The van der Waals surface area contributed by atoms with Gasteiger partial charge in [0.1, 0.15) is 13.2 Å². The molecule has 8 nitrogen and oxygen atoms in total. The number of hydrogen-bond acceptors (Lipinski definition) is 8. The van der Waals surface area contributed by atoms with Crippen molar-refractivity contribution in [3.8, 4) is 28.9 Å². The van der Waals surface area contributed by atoms with Crippen molar-refractivity contribution in [1.82, 2.24) is 14.8 Å². The predicted molar refractivity (Wildman–Crippen MR) is 156 cm³/mol. The summed E-state index contributed by atoms with van der Waals surface area (Å²) in [4.78, 5) is 10.1. The van der Waals surface area contributed by atoms with Crippen molar-refractivity contribution in [3.05, 3.63) is 36.4 Å². The SMILES string of the molecule is COc1cc2c(OCCN3CCCCC3)nc3c4cc5c(cc4ccc3c2cc1OCCN1CCCC1)OCO5. The van der Waals surface area contributed by atoms with E-state index in [2.05, 4.69) is 28.0 Å². The van der Waals surface area contributed by atoms with Gasteiger partial charge >= 0.3 is 0 Å². The highest BCUT2D eigenvalue weighted by molar-refractivity contribution is 6.17. The Hall–Kier alpha value is -3.49. The molecule has 0 N–H and O–H groups in total. The van der Waals surface area contributed by atoms with E-state index in [1.165, 1.54) is 32.1 Å². The van der Waals surface area contributed by atoms with Gasteiger partial charge < -0.3 is 23.7 Å². The zero-order chi connectivity index (χ0) is 26.9. The Labute approximate surface area is 234 Å². The summed E-state index contributed by atoms with van der Waals surface area (Å²) in [5.74, 6) is 3.57. The zero-order valence-corrected chi connectivity index (χ0v) is 23.2. The van der Waals surface area contributed by atoms with Crippen LogP contribution in [0.1, 0.15) is 32.1 Å². The van der Waals surface area contributed by atoms with Crippen molar-refractivity contribution in [2.45, 2.75) is 32.1 Å². The molecule has 7 rings (SSSR count). The lowest BCUT2D eigenvalue weighted by molar-refractivity contribution is 0.174. The number of hydrogen-bond donors (Lipinski definition) is 0. The van der Waals surface area contributed by atoms with Crippen LogP contribution in [0.3, 0.4) is 0 Å². The highest BCUT2D eigenvalue weighted by atomic mass is 16.7. The molecule has 8 heteroatoms. The van der Waals surface area contributed by atoms with Crippen molar-refractivity contribution in [2.75, 3.05) is 66.4 Å². The minimum atomic E-state index is 0.239. The van der Waals surface area contributed by atoms with Crippen LogP contribution in [-0.4, -0.2) is 81.2 Å². The molecule has 4 heterocycles. The number of benzene rings is 3. The van der Waals surface area contributed by atoms with Crippen LogP contribution in [0.5, 0.6) is 28.9 Å². The van der Waals surface area contributed by atoms with E-state index in [1.54, 1.807) is 7.11 Å². The van der Waals surface area contributed by atoms with Crippen LogP contribution >= 0.6 is 0 Å². The minimum absolute atomic E-state index is 0.239. The predicted octanol–water partition coefficient (Wildman–Crippen LogP) is 5.62. The van der Waals surface area contributed by atoms with Gasteiger partial charge in [-0.15, -0.1) is 0 Å². The molecule has 0 atom stereocenters. The molecule has 0 spiro atoms. The summed E-state index contributed by atoms with van der Waals surface area (Å²) in [5.41, 5.74) is 0.879. The van der Waals surface area contributed by atoms with E-state index in [0.717, 1.165) is 89.0 Å². The van der Waals surface area contributed by atoms with Gasteiger partial charge in [-0.05, 0) is 81.5 Å². The van der Waals surface area contributed by atoms with Gasteiger partial charge in [0.15, 0.2) is 23.0 Å². The fourth-order valence-corrected chi connectivity index (χ4v) is 6.28. The Bertz CT molecular complexity index is 1530. The number of piperidine rings is 1. The first-order chi connectivity index (χ1) is 19.8. The van der Waals surface area contributed by atoms with Crippen molar-refractivity contribution in [3.63, 3.8) is 0 Å². The molecular weight excluding hydrogens is 506 g/mol. The second-order valence-electron chi connectivity index (χ2n) is 11.0. The molecule has 0 amide bonds. The van der Waals surface area contributed by atoms with Gasteiger partial charge in [0.05, 0.1) is 12.6 Å². The van der Waals surface area contributed by atoms with E-state index in [9.17, 15) is 0 Å². The lowest BCUT2D eigenvalue weighted by atomic mass is 10.0. The van der Waals surface area contributed by atoms with Crippen LogP contribution in [-0.2, 0) is 0 Å². The molecular formula is C32H37N3O5. The maximum absolute atomic E-state index is 6.45. The Kier molecular flexibility index (Phi) is 7.12. The third-order valence-corrected chi connectivity index (χ3v) is 8.48. The number of aromatic nitrogens is 1. The Morgan fingerprint density at radius 1 is 0.700 bits per heavy atom. The lowest BCUT2D eigenvalue weighted by Crippen LogP contribution is -2.33. The molecule has 4 aromatic rings. The van der Waals surface area contributed by atoms with Crippen molar-refractivity contribution in [2.24, 2.45) is 0 Å². The van der Waals surface area contributed by atoms with Crippen molar-refractivity contribution >= 4 is 32.4 Å². The average molecular weight is 544 g/mol. The van der Waals surface area contributed by atoms with Crippen LogP contribution in [0.25, 0.3) is 32.4 Å². The minimum Gasteiger partial charge on any atom is -0.493 e. The topological polar surface area (TPSA) is 65.5 Å². The largest absolute Gasteiger partial charge is 0.493 e. The first kappa shape index (κ1) is 25.5. The van der Waals surface area contributed by atoms with Gasteiger partial charge in [-0.3, -0.25) is 9.80 Å². The highest BCUT2D eigenvalue weighted by Gasteiger charge is 2.20. The summed E-state index contributed by atoms with van der Waals surface area (Å²) in [5, 5.41) is 5.07. The maximum Gasteiger partial charge on any atom is 0.231 e. The quantitative estimate of drug-likeness (QED) is 0.252. The second-order valence-corrected chi connectivity index (χ2v) is 11.0. The molecule has 2 fully saturated rings. The van der Waals surface area contributed by atoms with E-state index in [0.29, 0.717) is 24.8 Å². The van der Waals surface area contributed by atoms with Gasteiger partial charge in [-0.2, -0.15) is 0 Å². The number of ether oxygens (including phenoxy) is 5. The molecule has 210 valence electrons. The van der Waals surface area contributed by atoms with Crippen molar-refractivity contribution in [1.29, 1.82) is 0 Å². The summed E-state index contributed by atoms with van der Waals surface area (Å²) < 4.78 is 29.9. The van der Waals surface area contributed by atoms with Crippen LogP contribution in [0.2, 0.25) is 0 Å². The molecule has 2 saturated heterocycles. The normalized spacial score (nSPS) is 17.7. The molecule has 3 aliphatic heterocycles. The van der Waals surface area contributed by atoms with Gasteiger partial charge in [0, 0.05) is 34.6 Å². The summed E-state index contributed by atoms with van der Waals surface area (Å²) in [6.07, 6.45) is 6.39. The number of rotatable bonds is 9. The zero-order valence-electron chi connectivity index (χ0n) is 23.2. The molecule has 1 aromatic heterocycles. The fourth-order valence-electron chi connectivity index (χ4n) is 6.28. The third kappa shape index (κ3) is 4.95. The van der Waals surface area contributed by atoms with E-state index >= 15 is 0 Å². The van der Waals surface area contributed by atoms with E-state index < -0.39 is 0 Å². The lowest BCUT2D eigenvalue weighted by Gasteiger charge is -2.26. The van der Waals surface area contributed by atoms with E-state index in [-0.39, 0.29) is 6.79 Å². The number of likely N-dealkylation sites (tertiary alicyclic amines) is 2. The third-order valence-electron chi connectivity index (χ3n) is 8.48. The average Bonchev–Trinajstić information content (AvgIpc) is 3.68. The number of fused-ring (bicyclic) bond motifs is 6. The van der Waals surface area contributed by atoms with E-state index in [4.69, 9.17) is 28.7 Å². The van der Waals surface area contributed by atoms with E-state index in [1.807, 2.05) is 18.2 Å². The highest BCUT2D eigenvalue weighted by Crippen LogP contribution is 2.43. The van der Waals surface area contributed by atoms with Crippen LogP contribution in [0.4, 0.5) is 0 Å². The smallest absolute Gasteiger partial charge is 0.231 e. The standard InChI is InChI=1S/C32H37N3O5/c1-36-27-20-26-25(19-29(27)37-15-13-35-11-5-6-12-35)23-8-7-22-17-28-30(40-21-39-28)18-24(22)31(23)33-32(26)38-16-14-34-9-3-2-4-10-34/h7-8,17-20H,2-6,9-16,21H2,1H3. The van der Waals surface area contributed by atoms with Crippen LogP contribution < -0.4 is 23.7 Å². The molecule has 0 saturated carbocycles. The molecule has 3 aromatic carbocycles. The Balaban J connectivity index is 1.29. The molecule has 0 aliphatic carbocycles. The fraction of sp³-hybridized carbons (Fsp3) is 0.469. The van der Waals surface area contributed by atoms with Gasteiger partial charge in [0.2, 0.25) is 12.7 Å².